The molecule has 1 spiro atoms. The average molecular weight is 674 g/mol. The fourth-order valence-corrected chi connectivity index (χ4v) is 7.66. The molecule has 3 aromatic rings. The first-order chi connectivity index (χ1) is 21.1. The largest absolute Gasteiger partial charge is 0.598 e. The number of esters is 1. The first-order valence-electron chi connectivity index (χ1n) is 15.3. The number of hydrogen-bond donors (Lipinski definition) is 2. The van der Waals surface area contributed by atoms with Gasteiger partial charge in [0, 0.05) is 35.4 Å². The summed E-state index contributed by atoms with van der Waals surface area (Å²) >= 11 is 11.5. The van der Waals surface area contributed by atoms with Crippen molar-refractivity contribution in [2.75, 3.05) is 24.6 Å². The van der Waals surface area contributed by atoms with E-state index in [0.29, 0.717) is 45.9 Å². The summed E-state index contributed by atoms with van der Waals surface area (Å²) in [5, 5.41) is 11.5. The van der Waals surface area contributed by atoms with E-state index in [9.17, 15) is 14.5 Å². The molecular formula is C34H42Cl2N4O4S. The van der Waals surface area contributed by atoms with Gasteiger partial charge in [-0.15, -0.1) is 4.72 Å². The van der Waals surface area contributed by atoms with Gasteiger partial charge in [-0.3, -0.25) is 0 Å². The third-order valence-corrected chi connectivity index (χ3v) is 11.3. The summed E-state index contributed by atoms with van der Waals surface area (Å²) in [5.41, 5.74) is 3.74. The van der Waals surface area contributed by atoms with Gasteiger partial charge in [-0.25, -0.2) is 14.8 Å². The van der Waals surface area contributed by atoms with Crippen LogP contribution >= 0.6 is 23.2 Å². The highest BCUT2D eigenvalue weighted by Gasteiger charge is 2.51. The standard InChI is InChI=1S/C34H42Cl2N4O4S/c1-8-44-31(41)28-30(37-20(2)27(38-28)23-10-9-11-25(35)26(23)36)40-16-14-34(15-17-40)19-21-12-13-22(33(6,7)42)18-24(21)29(34)39-45(43)32(3,4)5/h9-13,18,29,39,42H,8,14-17,19H2,1-7H3/t29-,45?/m1/s1. The predicted molar refractivity (Wildman–Crippen MR) is 181 cm³/mol. The van der Waals surface area contributed by atoms with Crippen LogP contribution < -0.4 is 9.62 Å². The Hall–Kier alpha value is -2.40. The van der Waals surface area contributed by atoms with Crippen molar-refractivity contribution in [3.63, 3.8) is 0 Å². The quantitative estimate of drug-likeness (QED) is 0.202. The molecular weight excluding hydrogens is 631 g/mol. The van der Waals surface area contributed by atoms with E-state index in [0.717, 1.165) is 30.4 Å². The second-order valence-corrected chi connectivity index (χ2v) is 16.4. The molecule has 2 heterocycles. The van der Waals surface area contributed by atoms with Crippen LogP contribution in [0.5, 0.6) is 0 Å². The molecule has 1 aliphatic heterocycles. The molecule has 0 saturated carbocycles. The van der Waals surface area contributed by atoms with Crippen molar-refractivity contribution in [1.29, 1.82) is 0 Å². The number of fused-ring (bicyclic) bond motifs is 1. The van der Waals surface area contributed by atoms with E-state index in [-0.39, 0.29) is 23.8 Å². The van der Waals surface area contributed by atoms with Crippen molar-refractivity contribution in [1.82, 2.24) is 14.7 Å². The molecule has 0 bridgehead atoms. The number of carbonyl (C=O) groups excluding carboxylic acids is 1. The van der Waals surface area contributed by atoms with Gasteiger partial charge >= 0.3 is 5.97 Å². The number of aliphatic hydroxyl groups is 1. The zero-order valence-electron chi connectivity index (χ0n) is 27.0. The molecule has 1 aliphatic carbocycles. The summed E-state index contributed by atoms with van der Waals surface area (Å²) in [6.07, 6.45) is 2.36. The van der Waals surface area contributed by atoms with Gasteiger partial charge in [0.25, 0.3) is 0 Å². The SMILES string of the molecule is CCOC(=O)c1nc(-c2cccc(Cl)c2Cl)c(C)nc1N1CCC2(CC1)Cc1ccc(C(C)(C)O)cc1[C@H]2N[S+]([O-])C(C)(C)C. The van der Waals surface area contributed by atoms with Crippen molar-refractivity contribution in [3.8, 4) is 11.3 Å². The number of hydrogen-bond acceptors (Lipinski definition) is 8. The maximum Gasteiger partial charge on any atom is 0.360 e. The minimum absolute atomic E-state index is 0.137. The molecule has 242 valence electrons. The molecule has 45 heavy (non-hydrogen) atoms. The van der Waals surface area contributed by atoms with E-state index in [4.69, 9.17) is 37.9 Å². The number of benzene rings is 2. The number of rotatable bonds is 7. The van der Waals surface area contributed by atoms with Crippen LogP contribution in [0.3, 0.4) is 0 Å². The van der Waals surface area contributed by atoms with Crippen LogP contribution in [0.25, 0.3) is 11.3 Å². The summed E-state index contributed by atoms with van der Waals surface area (Å²) in [5.74, 6) is -0.0717. The van der Waals surface area contributed by atoms with Gasteiger partial charge in [-0.05, 0) is 90.5 Å². The van der Waals surface area contributed by atoms with Crippen LogP contribution in [0.1, 0.15) is 93.3 Å². The fraction of sp³-hybridized carbons (Fsp3) is 0.500. The van der Waals surface area contributed by atoms with E-state index >= 15 is 0 Å². The first-order valence-corrected chi connectivity index (χ1v) is 17.2. The molecule has 1 fully saturated rings. The van der Waals surface area contributed by atoms with Crippen molar-refractivity contribution in [2.24, 2.45) is 5.41 Å². The Morgan fingerprint density at radius 3 is 2.47 bits per heavy atom. The van der Waals surface area contributed by atoms with E-state index < -0.39 is 27.7 Å². The first kappa shape index (κ1) is 33.9. The third-order valence-electron chi connectivity index (χ3n) is 8.89. The van der Waals surface area contributed by atoms with E-state index in [1.165, 1.54) is 5.56 Å². The van der Waals surface area contributed by atoms with E-state index in [1.54, 1.807) is 39.0 Å². The third kappa shape index (κ3) is 6.71. The van der Waals surface area contributed by atoms with Gasteiger partial charge in [0.05, 0.1) is 39.7 Å². The van der Waals surface area contributed by atoms with Gasteiger partial charge in [0.1, 0.15) is 4.75 Å². The molecule has 0 amide bonds. The van der Waals surface area contributed by atoms with Gasteiger partial charge in [0.2, 0.25) is 0 Å². The second-order valence-electron chi connectivity index (χ2n) is 13.6. The lowest BCUT2D eigenvalue weighted by Crippen LogP contribution is -2.50. The molecule has 2 aromatic carbocycles. The second kappa shape index (κ2) is 12.7. The summed E-state index contributed by atoms with van der Waals surface area (Å²) < 4.78 is 22.0. The molecule has 0 radical (unpaired) electrons. The minimum atomic E-state index is -1.30. The van der Waals surface area contributed by atoms with Crippen molar-refractivity contribution in [3.05, 3.63) is 74.5 Å². The number of ether oxygens (including phenoxy) is 1. The van der Waals surface area contributed by atoms with Crippen LogP contribution in [0.4, 0.5) is 5.82 Å². The predicted octanol–water partition coefficient (Wildman–Crippen LogP) is 7.10. The zero-order chi connectivity index (χ0) is 32.9. The Kier molecular flexibility index (Phi) is 9.55. The molecule has 1 unspecified atom stereocenters. The summed E-state index contributed by atoms with van der Waals surface area (Å²) in [7, 11) is 0. The van der Waals surface area contributed by atoms with Crippen LogP contribution in [0, 0.1) is 12.3 Å². The number of aromatic nitrogens is 2. The lowest BCUT2D eigenvalue weighted by atomic mass is 9.73. The number of nitrogens with zero attached hydrogens (tertiary/aromatic N) is 3. The summed E-state index contributed by atoms with van der Waals surface area (Å²) in [6.45, 7) is 14.5. The van der Waals surface area contributed by atoms with Crippen molar-refractivity contribution in [2.45, 2.75) is 84.1 Å². The van der Waals surface area contributed by atoms with Crippen molar-refractivity contribution >= 4 is 46.4 Å². The maximum atomic E-state index is 13.5. The molecule has 11 heteroatoms. The topological polar surface area (TPSA) is 111 Å². The molecule has 2 atom stereocenters. The van der Waals surface area contributed by atoms with Gasteiger partial charge in [-0.1, -0.05) is 53.5 Å². The monoisotopic (exact) mass is 672 g/mol. The Morgan fingerprint density at radius 2 is 1.84 bits per heavy atom. The van der Waals surface area contributed by atoms with Gasteiger partial charge < -0.3 is 19.3 Å². The zero-order valence-corrected chi connectivity index (χ0v) is 29.3. The average Bonchev–Trinajstić information content (AvgIpc) is 3.25. The van der Waals surface area contributed by atoms with E-state index in [2.05, 4.69) is 21.8 Å². The number of anilines is 1. The normalized spacial score (nSPS) is 18.6. The highest BCUT2D eigenvalue weighted by atomic mass is 35.5. The highest BCUT2D eigenvalue weighted by Crippen LogP contribution is 2.53. The van der Waals surface area contributed by atoms with Crippen LogP contribution in [0.15, 0.2) is 36.4 Å². The summed E-state index contributed by atoms with van der Waals surface area (Å²) in [6, 6.07) is 11.3. The molecule has 5 rings (SSSR count). The molecule has 1 saturated heterocycles. The highest BCUT2D eigenvalue weighted by molar-refractivity contribution is 7.90. The Morgan fingerprint density at radius 1 is 1.16 bits per heavy atom. The fourth-order valence-electron chi connectivity index (χ4n) is 6.32. The van der Waals surface area contributed by atoms with Crippen LogP contribution in [-0.4, -0.2) is 50.0 Å². The Balaban J connectivity index is 1.50. The van der Waals surface area contributed by atoms with Crippen LogP contribution in [-0.2, 0) is 28.1 Å². The maximum absolute atomic E-state index is 13.5. The molecule has 2 aliphatic rings. The minimum Gasteiger partial charge on any atom is -0.598 e. The summed E-state index contributed by atoms with van der Waals surface area (Å²) in [4.78, 5) is 25.0. The van der Waals surface area contributed by atoms with Gasteiger partial charge in [-0.2, -0.15) is 0 Å². The van der Waals surface area contributed by atoms with Crippen molar-refractivity contribution < 1.29 is 19.2 Å². The van der Waals surface area contributed by atoms with E-state index in [1.807, 2.05) is 33.8 Å². The molecule has 1 aromatic heterocycles. The molecule has 2 N–H and O–H groups in total. The lowest BCUT2D eigenvalue weighted by molar-refractivity contribution is 0.0519. The number of aryl methyl sites for hydroxylation is 1. The number of carbonyl (C=O) groups is 1. The number of piperidine rings is 1. The van der Waals surface area contributed by atoms with Crippen LogP contribution in [0.2, 0.25) is 10.0 Å². The smallest absolute Gasteiger partial charge is 0.360 e. The van der Waals surface area contributed by atoms with Gasteiger partial charge in [0.15, 0.2) is 11.5 Å². The lowest BCUT2D eigenvalue weighted by Gasteiger charge is -2.44. The number of halogens is 2. The number of nitrogens with one attached hydrogen (secondary N) is 1. The Bertz CT molecular complexity index is 1600. The Labute approximate surface area is 279 Å². The molecule has 8 nitrogen and oxygen atoms in total.